The van der Waals surface area contributed by atoms with E-state index in [9.17, 15) is 4.79 Å². The average Bonchev–Trinajstić information content (AvgIpc) is 3.26. The van der Waals surface area contributed by atoms with Crippen LogP contribution in [0.1, 0.15) is 16.1 Å². The van der Waals surface area contributed by atoms with Crippen LogP contribution in [-0.2, 0) is 0 Å². The molecule has 1 fully saturated rings. The molecule has 1 amide bonds. The molecule has 1 aliphatic heterocycles. The molecular weight excluding hydrogens is 458 g/mol. The van der Waals surface area contributed by atoms with Crippen LogP contribution in [0.4, 0.5) is 5.69 Å². The molecule has 3 aromatic carbocycles. The molecule has 0 aliphatic carbocycles. The van der Waals surface area contributed by atoms with Crippen molar-refractivity contribution in [3.63, 3.8) is 0 Å². The van der Waals surface area contributed by atoms with Crippen LogP contribution in [0.15, 0.2) is 84.9 Å². The number of hydrogen-bond donors (Lipinski definition) is 0. The van der Waals surface area contributed by atoms with Crippen molar-refractivity contribution in [1.29, 1.82) is 0 Å². The molecule has 2 heterocycles. The largest absolute Gasteiger partial charge is 0.497 e. The van der Waals surface area contributed by atoms with Gasteiger partial charge in [-0.25, -0.2) is 0 Å². The van der Waals surface area contributed by atoms with E-state index in [-0.39, 0.29) is 5.91 Å². The van der Waals surface area contributed by atoms with E-state index in [2.05, 4.69) is 33.7 Å². The van der Waals surface area contributed by atoms with Gasteiger partial charge in [0.2, 0.25) is 0 Å². The summed E-state index contributed by atoms with van der Waals surface area (Å²) in [4.78, 5) is 17.9. The van der Waals surface area contributed by atoms with Crippen LogP contribution in [0.25, 0.3) is 16.9 Å². The molecule has 0 unspecified atom stereocenters. The summed E-state index contributed by atoms with van der Waals surface area (Å²) in [6.07, 6.45) is 0. The Labute approximate surface area is 211 Å². The van der Waals surface area contributed by atoms with Gasteiger partial charge in [-0.05, 0) is 55.5 Å². The molecule has 0 spiro atoms. The number of para-hydroxylation sites is 1. The molecule has 4 aromatic rings. The van der Waals surface area contributed by atoms with Gasteiger partial charge in [0.1, 0.15) is 5.75 Å². The van der Waals surface area contributed by atoms with E-state index in [0.717, 1.165) is 57.8 Å². The number of rotatable bonds is 5. The smallest absolute Gasteiger partial charge is 0.255 e. The quantitative estimate of drug-likeness (QED) is 0.344. The van der Waals surface area contributed by atoms with Crippen molar-refractivity contribution in [3.8, 4) is 22.7 Å². The third-order valence-corrected chi connectivity index (χ3v) is 6.83. The van der Waals surface area contributed by atoms with Gasteiger partial charge in [-0.2, -0.15) is 0 Å². The lowest BCUT2D eigenvalue weighted by molar-refractivity contribution is 0.0746. The zero-order valence-corrected chi connectivity index (χ0v) is 20.7. The normalized spacial score (nSPS) is 13.7. The molecule has 1 aromatic heterocycles. The minimum Gasteiger partial charge on any atom is -0.497 e. The van der Waals surface area contributed by atoms with Crippen molar-refractivity contribution in [3.05, 3.63) is 101 Å². The summed E-state index contributed by atoms with van der Waals surface area (Å²) in [7, 11) is 1.67. The van der Waals surface area contributed by atoms with E-state index < -0.39 is 0 Å². The van der Waals surface area contributed by atoms with Crippen molar-refractivity contribution < 1.29 is 9.53 Å². The summed E-state index contributed by atoms with van der Waals surface area (Å²) >= 11 is 6.18. The van der Waals surface area contributed by atoms with Gasteiger partial charge in [-0.1, -0.05) is 48.0 Å². The second kappa shape index (κ2) is 9.88. The molecule has 0 N–H and O–H groups in total. The van der Waals surface area contributed by atoms with Gasteiger partial charge in [-0.15, -0.1) is 0 Å². The van der Waals surface area contributed by atoms with E-state index in [1.165, 1.54) is 0 Å². The van der Waals surface area contributed by atoms with Crippen LogP contribution < -0.4 is 9.64 Å². The second-order valence-corrected chi connectivity index (χ2v) is 9.13. The molecule has 0 bridgehead atoms. The summed E-state index contributed by atoms with van der Waals surface area (Å²) < 4.78 is 7.62. The van der Waals surface area contributed by atoms with Crippen molar-refractivity contribution >= 4 is 23.2 Å². The fourth-order valence-corrected chi connectivity index (χ4v) is 4.92. The van der Waals surface area contributed by atoms with Gasteiger partial charge in [-0.3, -0.25) is 4.79 Å². The van der Waals surface area contributed by atoms with Crippen LogP contribution in [0.3, 0.4) is 0 Å². The number of anilines is 1. The Bertz CT molecular complexity index is 1340. The first-order valence-electron chi connectivity index (χ1n) is 11.8. The van der Waals surface area contributed by atoms with Gasteiger partial charge in [0, 0.05) is 53.8 Å². The topological polar surface area (TPSA) is 37.7 Å². The van der Waals surface area contributed by atoms with Gasteiger partial charge >= 0.3 is 0 Å². The highest BCUT2D eigenvalue weighted by Gasteiger charge is 2.27. The fraction of sp³-hybridized carbons (Fsp3) is 0.207. The predicted octanol–water partition coefficient (Wildman–Crippen LogP) is 6.08. The number of piperazine rings is 1. The van der Waals surface area contributed by atoms with E-state index >= 15 is 0 Å². The van der Waals surface area contributed by atoms with Crippen LogP contribution in [0, 0.1) is 6.92 Å². The lowest BCUT2D eigenvalue weighted by Gasteiger charge is -2.36. The number of nitrogens with zero attached hydrogens (tertiary/aromatic N) is 3. The third kappa shape index (κ3) is 4.64. The first-order valence-corrected chi connectivity index (χ1v) is 12.1. The molecule has 1 aliphatic rings. The highest BCUT2D eigenvalue weighted by molar-refractivity contribution is 6.30. The van der Waals surface area contributed by atoms with Crippen molar-refractivity contribution in [2.45, 2.75) is 6.92 Å². The molecule has 5 rings (SSSR count). The van der Waals surface area contributed by atoms with Crippen LogP contribution in [0.2, 0.25) is 5.02 Å². The monoisotopic (exact) mass is 485 g/mol. The Morgan fingerprint density at radius 3 is 2.26 bits per heavy atom. The number of halogens is 1. The third-order valence-electron chi connectivity index (χ3n) is 6.60. The molecule has 0 atom stereocenters. The van der Waals surface area contributed by atoms with Gasteiger partial charge in [0.15, 0.2) is 0 Å². The average molecular weight is 486 g/mol. The summed E-state index contributed by atoms with van der Waals surface area (Å²) in [5.41, 5.74) is 5.73. The number of amides is 1. The molecule has 1 saturated heterocycles. The molecule has 0 saturated carbocycles. The summed E-state index contributed by atoms with van der Waals surface area (Å²) in [6.45, 7) is 4.89. The minimum atomic E-state index is 0.0621. The zero-order valence-electron chi connectivity index (χ0n) is 19.9. The Hall–Kier alpha value is -3.70. The van der Waals surface area contributed by atoms with E-state index in [1.807, 2.05) is 72.5 Å². The summed E-state index contributed by atoms with van der Waals surface area (Å²) in [5, 5.41) is 0.726. The predicted molar refractivity (Wildman–Crippen MR) is 142 cm³/mol. The van der Waals surface area contributed by atoms with Crippen LogP contribution in [-0.4, -0.2) is 48.7 Å². The Morgan fingerprint density at radius 2 is 1.54 bits per heavy atom. The summed E-state index contributed by atoms with van der Waals surface area (Å²) in [6, 6.07) is 28.0. The Balaban J connectivity index is 1.46. The molecular formula is C29H28ClN3O2. The SMILES string of the molecule is COc1cccc(-c2cc(C(=O)N3CCN(c4cccc(Cl)c4)CC3)c(C)n2-c2ccccc2)c1. The maximum absolute atomic E-state index is 13.7. The van der Waals surface area contributed by atoms with E-state index in [0.29, 0.717) is 13.1 Å². The van der Waals surface area contributed by atoms with Gasteiger partial charge in [0.05, 0.1) is 18.4 Å². The van der Waals surface area contributed by atoms with Crippen LogP contribution in [0.5, 0.6) is 5.75 Å². The Morgan fingerprint density at radius 1 is 0.829 bits per heavy atom. The lowest BCUT2D eigenvalue weighted by atomic mass is 10.1. The van der Waals surface area contributed by atoms with E-state index in [4.69, 9.17) is 16.3 Å². The zero-order chi connectivity index (χ0) is 24.4. The first kappa shape index (κ1) is 23.1. The molecule has 35 heavy (non-hydrogen) atoms. The first-order chi connectivity index (χ1) is 17.0. The molecule has 178 valence electrons. The van der Waals surface area contributed by atoms with Crippen LogP contribution >= 0.6 is 11.6 Å². The number of carbonyl (C=O) groups is 1. The standard InChI is InChI=1S/C29H28ClN3O2/c1-21-27(29(34)32-16-14-31(15-17-32)25-12-7-9-23(30)19-25)20-28(22-8-6-13-26(18-22)35-2)33(21)24-10-4-3-5-11-24/h3-13,18-20H,14-17H2,1-2H3. The van der Waals surface area contributed by atoms with E-state index in [1.54, 1.807) is 7.11 Å². The summed E-state index contributed by atoms with van der Waals surface area (Å²) in [5.74, 6) is 0.845. The number of hydrogen-bond acceptors (Lipinski definition) is 3. The number of benzene rings is 3. The molecule has 6 heteroatoms. The number of ether oxygens (including phenoxy) is 1. The number of methoxy groups -OCH3 is 1. The molecule has 0 radical (unpaired) electrons. The second-order valence-electron chi connectivity index (χ2n) is 8.69. The lowest BCUT2D eigenvalue weighted by Crippen LogP contribution is -2.48. The maximum atomic E-state index is 13.7. The Kier molecular flexibility index (Phi) is 6.51. The molecule has 5 nitrogen and oxygen atoms in total. The minimum absolute atomic E-state index is 0.0621. The number of carbonyl (C=O) groups excluding carboxylic acids is 1. The van der Waals surface area contributed by atoms with Crippen molar-refractivity contribution in [2.75, 3.05) is 38.2 Å². The maximum Gasteiger partial charge on any atom is 0.255 e. The van der Waals surface area contributed by atoms with Crippen molar-refractivity contribution in [1.82, 2.24) is 9.47 Å². The highest BCUT2D eigenvalue weighted by Crippen LogP contribution is 2.32. The van der Waals surface area contributed by atoms with Gasteiger partial charge < -0.3 is 19.1 Å². The number of aromatic nitrogens is 1. The fourth-order valence-electron chi connectivity index (χ4n) is 4.74. The highest BCUT2D eigenvalue weighted by atomic mass is 35.5. The van der Waals surface area contributed by atoms with Gasteiger partial charge in [0.25, 0.3) is 5.91 Å². The van der Waals surface area contributed by atoms with Crippen molar-refractivity contribution in [2.24, 2.45) is 0 Å².